The normalized spacial score (nSPS) is 18.4. The Morgan fingerprint density at radius 2 is 1.67 bits per heavy atom. The summed E-state index contributed by atoms with van der Waals surface area (Å²) in [5, 5.41) is 1.49. The van der Waals surface area contributed by atoms with Crippen molar-refractivity contribution >= 4 is 15.4 Å². The number of rotatable bonds is 1. The highest BCUT2D eigenvalue weighted by molar-refractivity contribution is 7.97. The fraction of sp³-hybridized carbons (Fsp3) is 0.0909. The summed E-state index contributed by atoms with van der Waals surface area (Å²) in [5.74, 6) is 0. The first kappa shape index (κ1) is 12.7. The lowest BCUT2D eigenvalue weighted by molar-refractivity contribution is -0.137. The topological polar surface area (TPSA) is 60.2 Å². The Labute approximate surface area is 101 Å². The summed E-state index contributed by atoms with van der Waals surface area (Å²) in [7, 11) is -3.67. The molecule has 1 aliphatic rings. The van der Waals surface area contributed by atoms with Crippen molar-refractivity contribution in [2.24, 2.45) is 5.73 Å². The highest BCUT2D eigenvalue weighted by Gasteiger charge is 2.35. The van der Waals surface area contributed by atoms with Crippen molar-refractivity contribution in [3.8, 4) is 0 Å². The lowest BCUT2D eigenvalue weighted by atomic mass is 9.99. The van der Waals surface area contributed by atoms with Gasteiger partial charge in [0.1, 0.15) is 0 Å². The summed E-state index contributed by atoms with van der Waals surface area (Å²) in [4.78, 5) is 0. The van der Waals surface area contributed by atoms with Gasteiger partial charge in [0.05, 0.1) is 16.7 Å². The van der Waals surface area contributed by atoms with Crippen molar-refractivity contribution in [2.75, 3.05) is 0 Å². The van der Waals surface area contributed by atoms with Crippen molar-refractivity contribution in [3.63, 3.8) is 0 Å². The van der Waals surface area contributed by atoms with Crippen LogP contribution in [0.1, 0.15) is 11.1 Å². The lowest BCUT2D eigenvalue weighted by Crippen LogP contribution is -2.10. The molecule has 0 aliphatic carbocycles. The molecular weight excluding hydrogens is 267 g/mol. The van der Waals surface area contributed by atoms with Crippen LogP contribution in [0.4, 0.5) is 13.2 Å². The zero-order chi connectivity index (χ0) is 13.6. The van der Waals surface area contributed by atoms with Crippen molar-refractivity contribution in [2.45, 2.75) is 6.18 Å². The SMILES string of the molecule is NC1=CS(=O)(=O)C=C1c1ccccc1C(F)(F)F. The number of sulfone groups is 1. The Kier molecular flexibility index (Phi) is 2.73. The molecule has 0 saturated heterocycles. The van der Waals surface area contributed by atoms with Gasteiger partial charge in [-0.2, -0.15) is 13.2 Å². The summed E-state index contributed by atoms with van der Waals surface area (Å²) < 4.78 is 60.9. The van der Waals surface area contributed by atoms with Gasteiger partial charge in [-0.25, -0.2) is 8.42 Å². The van der Waals surface area contributed by atoms with Gasteiger partial charge >= 0.3 is 6.18 Å². The third-order valence-electron chi connectivity index (χ3n) is 2.41. The van der Waals surface area contributed by atoms with Gasteiger partial charge in [0.25, 0.3) is 0 Å². The van der Waals surface area contributed by atoms with E-state index in [1.165, 1.54) is 18.2 Å². The van der Waals surface area contributed by atoms with Crippen molar-refractivity contribution in [1.29, 1.82) is 0 Å². The minimum absolute atomic E-state index is 0.122. The van der Waals surface area contributed by atoms with Crippen molar-refractivity contribution in [3.05, 3.63) is 51.9 Å². The molecule has 0 fully saturated rings. The molecule has 0 unspecified atom stereocenters. The Morgan fingerprint density at radius 1 is 1.06 bits per heavy atom. The van der Waals surface area contributed by atoms with Gasteiger partial charge < -0.3 is 5.73 Å². The van der Waals surface area contributed by atoms with Crippen LogP contribution in [-0.4, -0.2) is 8.42 Å². The van der Waals surface area contributed by atoms with E-state index in [0.717, 1.165) is 16.9 Å². The molecule has 18 heavy (non-hydrogen) atoms. The van der Waals surface area contributed by atoms with E-state index in [-0.39, 0.29) is 16.8 Å². The summed E-state index contributed by atoms with van der Waals surface area (Å²) in [5.41, 5.74) is 3.99. The average molecular weight is 275 g/mol. The van der Waals surface area contributed by atoms with E-state index in [4.69, 9.17) is 5.73 Å². The van der Waals surface area contributed by atoms with Gasteiger partial charge in [0, 0.05) is 11.0 Å². The number of hydrogen-bond donors (Lipinski definition) is 1. The molecule has 0 bridgehead atoms. The van der Waals surface area contributed by atoms with Gasteiger partial charge in [-0.1, -0.05) is 18.2 Å². The predicted molar refractivity (Wildman–Crippen MR) is 60.6 cm³/mol. The number of halogens is 3. The molecule has 0 saturated carbocycles. The molecular formula is C11H8F3NO2S. The molecule has 0 spiro atoms. The van der Waals surface area contributed by atoms with Crippen LogP contribution in [0.5, 0.6) is 0 Å². The number of hydrogen-bond acceptors (Lipinski definition) is 3. The van der Waals surface area contributed by atoms with Crippen LogP contribution < -0.4 is 5.73 Å². The second kappa shape index (κ2) is 3.88. The first-order valence-corrected chi connectivity index (χ1v) is 6.42. The first-order valence-electron chi connectivity index (χ1n) is 4.82. The maximum absolute atomic E-state index is 12.8. The zero-order valence-corrected chi connectivity index (χ0v) is 9.72. The number of nitrogens with two attached hydrogens (primary N) is 1. The van der Waals surface area contributed by atoms with Gasteiger partial charge in [-0.3, -0.25) is 0 Å². The summed E-state index contributed by atoms with van der Waals surface area (Å²) in [6, 6.07) is 4.70. The maximum Gasteiger partial charge on any atom is 0.417 e. The number of allylic oxidation sites excluding steroid dienone is 1. The van der Waals surface area contributed by atoms with Crippen molar-refractivity contribution in [1.82, 2.24) is 0 Å². The Morgan fingerprint density at radius 3 is 2.17 bits per heavy atom. The fourth-order valence-electron chi connectivity index (χ4n) is 1.69. The van der Waals surface area contributed by atoms with Crippen molar-refractivity contribution < 1.29 is 21.6 Å². The standard InChI is InChI=1S/C11H8F3NO2S/c12-11(13,14)9-4-2-1-3-7(9)8-5-18(16,17)6-10(8)15/h1-6H,15H2. The molecule has 1 aliphatic heterocycles. The second-order valence-corrected chi connectivity index (χ2v) is 5.39. The molecule has 0 aromatic heterocycles. The van der Waals surface area contributed by atoms with E-state index in [1.54, 1.807) is 0 Å². The molecule has 3 nitrogen and oxygen atoms in total. The first-order chi connectivity index (χ1) is 8.21. The maximum atomic E-state index is 12.8. The molecule has 2 rings (SSSR count). The van der Waals surface area contributed by atoms with Gasteiger partial charge in [-0.05, 0) is 11.6 Å². The van der Waals surface area contributed by atoms with E-state index >= 15 is 0 Å². The van der Waals surface area contributed by atoms with E-state index in [9.17, 15) is 21.6 Å². The molecule has 1 heterocycles. The monoisotopic (exact) mass is 275 g/mol. The van der Waals surface area contributed by atoms with Crippen LogP contribution in [0.2, 0.25) is 0 Å². The highest BCUT2D eigenvalue weighted by atomic mass is 32.2. The Balaban J connectivity index is 2.66. The zero-order valence-electron chi connectivity index (χ0n) is 8.90. The van der Waals surface area contributed by atoms with Crippen LogP contribution >= 0.6 is 0 Å². The summed E-state index contributed by atoms with van der Waals surface area (Å²) in [6.07, 6.45) is -4.57. The minimum Gasteiger partial charge on any atom is -0.398 e. The van der Waals surface area contributed by atoms with Gasteiger partial charge in [-0.15, -0.1) is 0 Å². The molecule has 2 N–H and O–H groups in total. The van der Waals surface area contributed by atoms with E-state index in [2.05, 4.69) is 0 Å². The summed E-state index contributed by atoms with van der Waals surface area (Å²) in [6.45, 7) is 0. The number of benzene rings is 1. The smallest absolute Gasteiger partial charge is 0.398 e. The highest BCUT2D eigenvalue weighted by Crippen LogP contribution is 2.38. The second-order valence-electron chi connectivity index (χ2n) is 3.74. The third-order valence-corrected chi connectivity index (χ3v) is 3.55. The van der Waals surface area contributed by atoms with Crippen LogP contribution in [0.15, 0.2) is 40.8 Å². The molecule has 1 aromatic rings. The summed E-state index contributed by atoms with van der Waals surface area (Å²) >= 11 is 0. The van der Waals surface area contributed by atoms with Crippen LogP contribution in [0.25, 0.3) is 5.57 Å². The largest absolute Gasteiger partial charge is 0.417 e. The van der Waals surface area contributed by atoms with Crippen LogP contribution in [-0.2, 0) is 16.0 Å². The third kappa shape index (κ3) is 2.26. The Hall–Kier alpha value is -1.76. The molecule has 7 heteroatoms. The molecule has 1 aromatic carbocycles. The Bertz CT molecular complexity index is 657. The molecule has 0 atom stereocenters. The van der Waals surface area contributed by atoms with E-state index < -0.39 is 21.6 Å². The van der Waals surface area contributed by atoms with Gasteiger partial charge in [0.2, 0.25) is 0 Å². The quantitative estimate of drug-likeness (QED) is 0.855. The lowest BCUT2D eigenvalue weighted by Gasteiger charge is -2.13. The molecule has 96 valence electrons. The van der Waals surface area contributed by atoms with E-state index in [0.29, 0.717) is 0 Å². The van der Waals surface area contributed by atoms with Crippen LogP contribution in [0.3, 0.4) is 0 Å². The fourth-order valence-corrected chi connectivity index (χ4v) is 2.83. The molecule has 0 radical (unpaired) electrons. The van der Waals surface area contributed by atoms with E-state index in [1.807, 2.05) is 0 Å². The predicted octanol–water partition coefficient (Wildman–Crippen LogP) is 2.27. The molecule has 0 amide bonds. The number of alkyl halides is 3. The van der Waals surface area contributed by atoms with Gasteiger partial charge in [0.15, 0.2) is 9.84 Å². The van der Waals surface area contributed by atoms with Crippen LogP contribution in [0, 0.1) is 0 Å². The average Bonchev–Trinajstić information content (AvgIpc) is 2.51. The minimum atomic E-state index is -4.57.